The van der Waals surface area contributed by atoms with E-state index in [4.69, 9.17) is 4.74 Å². The lowest BCUT2D eigenvalue weighted by molar-refractivity contribution is -0.142. The second kappa shape index (κ2) is 5.60. The van der Waals surface area contributed by atoms with Gasteiger partial charge in [0.2, 0.25) is 0 Å². The van der Waals surface area contributed by atoms with Crippen molar-refractivity contribution in [2.75, 3.05) is 6.61 Å². The molecular weight excluding hydrogens is 254 g/mol. The Morgan fingerprint density at radius 2 is 2.39 bits per heavy atom. The molecule has 1 unspecified atom stereocenters. The zero-order valence-corrected chi connectivity index (χ0v) is 11.3. The summed E-state index contributed by atoms with van der Waals surface area (Å²) in [5, 5.41) is 7.17. The van der Waals surface area contributed by atoms with E-state index >= 15 is 0 Å². The number of H-pyrrole nitrogens is 1. The monoisotopic (exact) mass is 271 g/mol. The molecule has 1 aliphatic rings. The molecule has 0 aromatic carbocycles. The van der Waals surface area contributed by atoms with Gasteiger partial charge in [-0.3, -0.25) is 9.36 Å². The fourth-order valence-electron chi connectivity index (χ4n) is 1.70. The Morgan fingerprint density at radius 1 is 1.67 bits per heavy atom. The van der Waals surface area contributed by atoms with Gasteiger partial charge in [-0.25, -0.2) is 9.89 Å². The van der Waals surface area contributed by atoms with Crippen LogP contribution < -0.4 is 5.69 Å². The predicted octanol–water partition coefficient (Wildman–Crippen LogP) is 1.34. The Bertz CT molecular complexity index is 478. The van der Waals surface area contributed by atoms with Crippen molar-refractivity contribution in [3.8, 4) is 0 Å². The first-order valence-electron chi connectivity index (χ1n) is 6.11. The number of rotatable bonds is 6. The second-order valence-electron chi connectivity index (χ2n) is 4.35. The van der Waals surface area contributed by atoms with Gasteiger partial charge in [0.1, 0.15) is 0 Å². The van der Waals surface area contributed by atoms with Crippen LogP contribution in [0.1, 0.15) is 39.2 Å². The van der Waals surface area contributed by atoms with E-state index in [-0.39, 0.29) is 23.0 Å². The molecule has 1 aliphatic carbocycles. The van der Waals surface area contributed by atoms with Gasteiger partial charge in [0.05, 0.1) is 13.0 Å². The van der Waals surface area contributed by atoms with Gasteiger partial charge < -0.3 is 4.74 Å². The van der Waals surface area contributed by atoms with Gasteiger partial charge in [-0.15, -0.1) is 5.10 Å². The minimum absolute atomic E-state index is 0.0387. The molecule has 1 heterocycles. The summed E-state index contributed by atoms with van der Waals surface area (Å²) in [4.78, 5) is 22.9. The Kier molecular flexibility index (Phi) is 4.11. The van der Waals surface area contributed by atoms with Crippen molar-refractivity contribution in [2.45, 2.75) is 49.6 Å². The Hall–Kier alpha value is -1.24. The lowest BCUT2D eigenvalue weighted by atomic mass is 10.3. The maximum absolute atomic E-state index is 11.6. The molecule has 6 nitrogen and oxygen atoms in total. The molecule has 1 atom stereocenters. The summed E-state index contributed by atoms with van der Waals surface area (Å²) >= 11 is 1.43. The van der Waals surface area contributed by atoms with E-state index in [2.05, 4.69) is 10.2 Å². The molecule has 1 saturated carbocycles. The molecular formula is C11H17N3O3S. The van der Waals surface area contributed by atoms with E-state index in [1.807, 2.05) is 6.92 Å². The molecule has 0 bridgehead atoms. The summed E-state index contributed by atoms with van der Waals surface area (Å²) in [6, 6.07) is 0.286. The highest BCUT2D eigenvalue weighted by molar-refractivity contribution is 7.99. The van der Waals surface area contributed by atoms with Crippen LogP contribution >= 0.6 is 11.8 Å². The molecule has 0 saturated heterocycles. The maximum atomic E-state index is 11.6. The topological polar surface area (TPSA) is 77.0 Å². The van der Waals surface area contributed by atoms with Crippen molar-refractivity contribution in [1.29, 1.82) is 0 Å². The molecule has 18 heavy (non-hydrogen) atoms. The molecule has 1 fully saturated rings. The van der Waals surface area contributed by atoms with Crippen LogP contribution in [0, 0.1) is 0 Å². The molecule has 0 spiro atoms. The average Bonchev–Trinajstić information content (AvgIpc) is 3.05. The number of carbonyl (C=O) groups is 1. The van der Waals surface area contributed by atoms with Gasteiger partial charge in [-0.1, -0.05) is 18.7 Å². The predicted molar refractivity (Wildman–Crippen MR) is 67.7 cm³/mol. The van der Waals surface area contributed by atoms with Gasteiger partial charge in [-0.2, -0.15) is 0 Å². The van der Waals surface area contributed by atoms with Crippen LogP contribution in [0.4, 0.5) is 0 Å². The summed E-state index contributed by atoms with van der Waals surface area (Å²) in [6.45, 7) is 4.11. The zero-order valence-electron chi connectivity index (χ0n) is 10.5. The summed E-state index contributed by atoms with van der Waals surface area (Å²) in [5.41, 5.74) is -0.164. The Balaban J connectivity index is 1.96. The molecule has 2 rings (SSSR count). The number of aromatic amines is 1. The van der Waals surface area contributed by atoms with E-state index in [1.54, 1.807) is 11.5 Å². The highest BCUT2D eigenvalue weighted by Crippen LogP contribution is 2.37. The smallest absolute Gasteiger partial charge is 0.344 e. The number of carbonyl (C=O) groups excluding carboxylic acids is 1. The first-order chi connectivity index (χ1) is 8.61. The number of hydrogen-bond donors (Lipinski definition) is 1. The van der Waals surface area contributed by atoms with E-state index in [0.29, 0.717) is 18.2 Å². The third-order valence-corrected chi connectivity index (χ3v) is 3.72. The Morgan fingerprint density at radius 3 is 3.00 bits per heavy atom. The molecule has 100 valence electrons. The number of ether oxygens (including phenoxy) is 1. The SMILES string of the molecule is CCOC(=O)CC(C)Sc1n[nH]c(=O)n1C1CC1. The minimum Gasteiger partial charge on any atom is -0.466 e. The van der Waals surface area contributed by atoms with Gasteiger partial charge in [0.15, 0.2) is 5.16 Å². The van der Waals surface area contributed by atoms with Crippen LogP contribution in [0.3, 0.4) is 0 Å². The van der Waals surface area contributed by atoms with E-state index in [9.17, 15) is 9.59 Å². The standard InChI is InChI=1S/C11H17N3O3S/c1-3-17-9(15)6-7(2)18-11-13-12-10(16)14(11)8-4-5-8/h7-8H,3-6H2,1-2H3,(H,12,16). The van der Waals surface area contributed by atoms with Gasteiger partial charge >= 0.3 is 11.7 Å². The van der Waals surface area contributed by atoms with Crippen LogP contribution in [0.15, 0.2) is 9.95 Å². The second-order valence-corrected chi connectivity index (χ2v) is 5.76. The van der Waals surface area contributed by atoms with E-state index in [1.165, 1.54) is 11.8 Å². The lowest BCUT2D eigenvalue weighted by Gasteiger charge is -2.10. The van der Waals surface area contributed by atoms with Crippen molar-refractivity contribution < 1.29 is 9.53 Å². The molecule has 1 N–H and O–H groups in total. The van der Waals surface area contributed by atoms with Crippen LogP contribution in [0.25, 0.3) is 0 Å². The largest absolute Gasteiger partial charge is 0.466 e. The lowest BCUT2D eigenvalue weighted by Crippen LogP contribution is -2.17. The molecule has 0 amide bonds. The molecule has 1 aromatic heterocycles. The van der Waals surface area contributed by atoms with Gasteiger partial charge in [0, 0.05) is 11.3 Å². The highest BCUT2D eigenvalue weighted by Gasteiger charge is 2.29. The highest BCUT2D eigenvalue weighted by atomic mass is 32.2. The number of aromatic nitrogens is 3. The van der Waals surface area contributed by atoms with Crippen LogP contribution in [-0.4, -0.2) is 32.6 Å². The van der Waals surface area contributed by atoms with Crippen molar-refractivity contribution >= 4 is 17.7 Å². The van der Waals surface area contributed by atoms with Crippen molar-refractivity contribution in [2.24, 2.45) is 0 Å². The zero-order chi connectivity index (χ0) is 13.1. The Labute approximate surface area is 109 Å². The number of esters is 1. The third-order valence-electron chi connectivity index (χ3n) is 2.65. The third kappa shape index (κ3) is 3.16. The molecule has 0 radical (unpaired) electrons. The van der Waals surface area contributed by atoms with Crippen molar-refractivity contribution in [1.82, 2.24) is 14.8 Å². The quantitative estimate of drug-likeness (QED) is 0.624. The van der Waals surface area contributed by atoms with Crippen LogP contribution in [0.5, 0.6) is 0 Å². The average molecular weight is 271 g/mol. The van der Waals surface area contributed by atoms with Gasteiger partial charge in [-0.05, 0) is 19.8 Å². The van der Waals surface area contributed by atoms with Crippen molar-refractivity contribution in [3.05, 3.63) is 10.5 Å². The summed E-state index contributed by atoms with van der Waals surface area (Å²) < 4.78 is 6.58. The number of nitrogens with one attached hydrogen (secondary N) is 1. The fourth-order valence-corrected chi connectivity index (χ4v) is 2.73. The minimum atomic E-state index is -0.214. The normalized spacial score (nSPS) is 16.6. The van der Waals surface area contributed by atoms with Crippen LogP contribution in [0.2, 0.25) is 0 Å². The number of thioether (sulfide) groups is 1. The van der Waals surface area contributed by atoms with E-state index < -0.39 is 0 Å². The fraction of sp³-hybridized carbons (Fsp3) is 0.727. The molecule has 0 aliphatic heterocycles. The first kappa shape index (κ1) is 13.2. The van der Waals surface area contributed by atoms with Gasteiger partial charge in [0.25, 0.3) is 0 Å². The van der Waals surface area contributed by atoms with Crippen LogP contribution in [-0.2, 0) is 9.53 Å². The number of hydrogen-bond acceptors (Lipinski definition) is 5. The first-order valence-corrected chi connectivity index (χ1v) is 6.99. The summed E-state index contributed by atoms with van der Waals surface area (Å²) in [5.74, 6) is -0.214. The van der Waals surface area contributed by atoms with E-state index in [0.717, 1.165) is 12.8 Å². The maximum Gasteiger partial charge on any atom is 0.344 e. The van der Waals surface area contributed by atoms with Crippen molar-refractivity contribution in [3.63, 3.8) is 0 Å². The summed E-state index contributed by atoms with van der Waals surface area (Å²) in [6.07, 6.45) is 2.38. The molecule has 1 aromatic rings. The molecule has 7 heteroatoms. The number of nitrogens with zero attached hydrogens (tertiary/aromatic N) is 2. The summed E-state index contributed by atoms with van der Waals surface area (Å²) in [7, 11) is 0.